The maximum atomic E-state index is 13.1. The average molecular weight is 306 g/mol. The summed E-state index contributed by atoms with van der Waals surface area (Å²) in [5.74, 6) is 0.00440. The standard InChI is InChI=1S/C14H14F3NO.ClH/c1-2-8-3-9-10-5-18-6-13(10)19-7-11(9)12(4-8)14(15,16)17;/h2-4,10,13,18H,1,5-7H2;1H/t10-,13-;/m0./s1. The molecule has 1 fully saturated rings. The molecule has 2 atom stereocenters. The molecule has 0 aliphatic carbocycles. The summed E-state index contributed by atoms with van der Waals surface area (Å²) in [7, 11) is 0. The SMILES string of the molecule is C=Cc1cc2c(c(C(F)(F)F)c1)CO[C@H]1CNC[C@@H]21.Cl. The Hall–Kier alpha value is -1.04. The van der Waals surface area contributed by atoms with Gasteiger partial charge in [0.15, 0.2) is 0 Å². The molecule has 20 heavy (non-hydrogen) atoms. The summed E-state index contributed by atoms with van der Waals surface area (Å²) in [4.78, 5) is 0. The van der Waals surface area contributed by atoms with Gasteiger partial charge in [0.25, 0.3) is 0 Å². The number of ether oxygens (including phenoxy) is 1. The van der Waals surface area contributed by atoms with Gasteiger partial charge in [-0.15, -0.1) is 12.4 Å². The van der Waals surface area contributed by atoms with Crippen LogP contribution in [0.1, 0.15) is 28.2 Å². The first-order chi connectivity index (χ1) is 9.00. The van der Waals surface area contributed by atoms with Crippen molar-refractivity contribution in [2.45, 2.75) is 24.8 Å². The van der Waals surface area contributed by atoms with Crippen LogP contribution < -0.4 is 5.32 Å². The number of nitrogens with one attached hydrogen (secondary N) is 1. The summed E-state index contributed by atoms with van der Waals surface area (Å²) in [6.07, 6.45) is -2.91. The van der Waals surface area contributed by atoms with E-state index in [0.29, 0.717) is 18.7 Å². The van der Waals surface area contributed by atoms with E-state index in [9.17, 15) is 13.2 Å². The molecule has 0 saturated carbocycles. The molecule has 2 aliphatic rings. The predicted octanol–water partition coefficient (Wildman–Crippen LogP) is 3.36. The molecule has 0 aromatic heterocycles. The number of hydrogen-bond acceptors (Lipinski definition) is 2. The van der Waals surface area contributed by atoms with E-state index in [4.69, 9.17) is 4.74 Å². The minimum atomic E-state index is -4.36. The van der Waals surface area contributed by atoms with Gasteiger partial charge in [-0.05, 0) is 22.8 Å². The van der Waals surface area contributed by atoms with Crippen molar-refractivity contribution in [1.29, 1.82) is 0 Å². The molecule has 2 nitrogen and oxygen atoms in total. The van der Waals surface area contributed by atoms with Gasteiger partial charge < -0.3 is 10.1 Å². The monoisotopic (exact) mass is 305 g/mol. The largest absolute Gasteiger partial charge is 0.416 e. The topological polar surface area (TPSA) is 21.3 Å². The quantitative estimate of drug-likeness (QED) is 0.859. The highest BCUT2D eigenvalue weighted by Crippen LogP contribution is 2.41. The van der Waals surface area contributed by atoms with Crippen molar-refractivity contribution in [2.24, 2.45) is 0 Å². The second-order valence-electron chi connectivity index (χ2n) is 4.95. The molecule has 0 bridgehead atoms. The van der Waals surface area contributed by atoms with Crippen molar-refractivity contribution >= 4 is 18.5 Å². The third kappa shape index (κ3) is 2.45. The number of hydrogen-bond donors (Lipinski definition) is 1. The van der Waals surface area contributed by atoms with Crippen LogP contribution in [-0.2, 0) is 17.5 Å². The Balaban J connectivity index is 0.00000147. The van der Waals surface area contributed by atoms with Crippen LogP contribution in [0.15, 0.2) is 18.7 Å². The minimum absolute atomic E-state index is 0. The number of halogens is 4. The summed E-state index contributed by atoms with van der Waals surface area (Å²) in [5, 5.41) is 3.17. The first kappa shape index (κ1) is 15.4. The molecule has 3 rings (SSSR count). The normalized spacial score (nSPS) is 24.6. The molecule has 2 heterocycles. The Bertz CT molecular complexity index is 530. The van der Waals surface area contributed by atoms with Crippen LogP contribution in [0.3, 0.4) is 0 Å². The molecule has 0 unspecified atom stereocenters. The Kier molecular flexibility index (Phi) is 4.14. The molecule has 6 heteroatoms. The maximum Gasteiger partial charge on any atom is 0.416 e. The molecule has 1 N–H and O–H groups in total. The summed E-state index contributed by atoms with van der Waals surface area (Å²) < 4.78 is 44.9. The van der Waals surface area contributed by atoms with Crippen molar-refractivity contribution in [2.75, 3.05) is 13.1 Å². The van der Waals surface area contributed by atoms with Crippen molar-refractivity contribution in [3.05, 3.63) is 41.0 Å². The van der Waals surface area contributed by atoms with E-state index in [1.807, 2.05) is 6.07 Å². The molecule has 0 radical (unpaired) electrons. The summed E-state index contributed by atoms with van der Waals surface area (Å²) >= 11 is 0. The van der Waals surface area contributed by atoms with Gasteiger partial charge >= 0.3 is 6.18 Å². The molecule has 1 aromatic rings. The van der Waals surface area contributed by atoms with Crippen LogP contribution in [0.2, 0.25) is 0 Å². The number of fused-ring (bicyclic) bond motifs is 3. The fraction of sp³-hybridized carbons (Fsp3) is 0.429. The van der Waals surface area contributed by atoms with E-state index >= 15 is 0 Å². The third-order valence-electron chi connectivity index (χ3n) is 3.85. The Morgan fingerprint density at radius 3 is 2.70 bits per heavy atom. The summed E-state index contributed by atoms with van der Waals surface area (Å²) in [6, 6.07) is 2.96. The summed E-state index contributed by atoms with van der Waals surface area (Å²) in [6.45, 7) is 4.97. The van der Waals surface area contributed by atoms with Crippen LogP contribution in [-0.4, -0.2) is 19.2 Å². The smallest absolute Gasteiger partial charge is 0.372 e. The van der Waals surface area contributed by atoms with Gasteiger partial charge in [-0.2, -0.15) is 13.2 Å². The minimum Gasteiger partial charge on any atom is -0.372 e. The fourth-order valence-corrected chi connectivity index (χ4v) is 2.91. The van der Waals surface area contributed by atoms with Crippen LogP contribution >= 0.6 is 12.4 Å². The molecule has 1 saturated heterocycles. The van der Waals surface area contributed by atoms with Crippen molar-refractivity contribution < 1.29 is 17.9 Å². The number of benzene rings is 1. The second kappa shape index (κ2) is 5.39. The first-order valence-electron chi connectivity index (χ1n) is 6.19. The van der Waals surface area contributed by atoms with Gasteiger partial charge in [-0.1, -0.05) is 18.7 Å². The van der Waals surface area contributed by atoms with E-state index in [1.165, 1.54) is 6.08 Å². The van der Waals surface area contributed by atoms with Crippen molar-refractivity contribution in [3.8, 4) is 0 Å². The lowest BCUT2D eigenvalue weighted by atomic mass is 9.85. The first-order valence-corrected chi connectivity index (χ1v) is 6.19. The zero-order valence-corrected chi connectivity index (χ0v) is 11.5. The van der Waals surface area contributed by atoms with E-state index in [-0.39, 0.29) is 36.6 Å². The van der Waals surface area contributed by atoms with E-state index < -0.39 is 11.7 Å². The van der Waals surface area contributed by atoms with Gasteiger partial charge in [0.05, 0.1) is 18.3 Å². The molecule has 2 aliphatic heterocycles. The second-order valence-corrected chi connectivity index (χ2v) is 4.95. The van der Waals surface area contributed by atoms with Gasteiger partial charge in [-0.3, -0.25) is 0 Å². The van der Waals surface area contributed by atoms with Gasteiger partial charge in [0, 0.05) is 19.0 Å². The Morgan fingerprint density at radius 1 is 1.30 bits per heavy atom. The van der Waals surface area contributed by atoms with Gasteiger partial charge in [0.2, 0.25) is 0 Å². The predicted molar refractivity (Wildman–Crippen MR) is 73.0 cm³/mol. The molecule has 110 valence electrons. The van der Waals surface area contributed by atoms with E-state index in [0.717, 1.165) is 11.6 Å². The zero-order valence-electron chi connectivity index (χ0n) is 10.7. The van der Waals surface area contributed by atoms with Gasteiger partial charge in [0.1, 0.15) is 0 Å². The maximum absolute atomic E-state index is 13.1. The highest BCUT2D eigenvalue weighted by atomic mass is 35.5. The lowest BCUT2D eigenvalue weighted by molar-refractivity contribution is -0.139. The molecule has 1 aromatic carbocycles. The lowest BCUT2D eigenvalue weighted by Crippen LogP contribution is -2.29. The van der Waals surface area contributed by atoms with Crippen molar-refractivity contribution in [3.63, 3.8) is 0 Å². The average Bonchev–Trinajstić information content (AvgIpc) is 2.84. The molecular weight excluding hydrogens is 291 g/mol. The highest BCUT2D eigenvalue weighted by Gasteiger charge is 2.41. The molecular formula is C14H15ClF3NO. The van der Waals surface area contributed by atoms with E-state index in [1.54, 1.807) is 0 Å². The molecule has 0 amide bonds. The highest BCUT2D eigenvalue weighted by molar-refractivity contribution is 5.85. The van der Waals surface area contributed by atoms with Crippen LogP contribution in [0, 0.1) is 0 Å². The van der Waals surface area contributed by atoms with Gasteiger partial charge in [-0.25, -0.2) is 0 Å². The Morgan fingerprint density at radius 2 is 2.05 bits per heavy atom. The third-order valence-corrected chi connectivity index (χ3v) is 3.85. The number of alkyl halides is 3. The van der Waals surface area contributed by atoms with Crippen LogP contribution in [0.25, 0.3) is 6.08 Å². The van der Waals surface area contributed by atoms with Crippen LogP contribution in [0.5, 0.6) is 0 Å². The number of rotatable bonds is 1. The van der Waals surface area contributed by atoms with Crippen molar-refractivity contribution in [1.82, 2.24) is 5.32 Å². The Labute approximate surface area is 121 Å². The lowest BCUT2D eigenvalue weighted by Gasteiger charge is -2.30. The van der Waals surface area contributed by atoms with E-state index in [2.05, 4.69) is 11.9 Å². The molecule has 0 spiro atoms. The summed E-state index contributed by atoms with van der Waals surface area (Å²) in [5.41, 5.74) is 0.956. The van der Waals surface area contributed by atoms with Crippen LogP contribution in [0.4, 0.5) is 13.2 Å². The fourth-order valence-electron chi connectivity index (χ4n) is 2.91. The zero-order chi connectivity index (χ0) is 13.6.